The summed E-state index contributed by atoms with van der Waals surface area (Å²) in [5.41, 5.74) is 5.98. The van der Waals surface area contributed by atoms with Crippen LogP contribution in [0.15, 0.2) is 85.1 Å². The number of carbonyl (C=O) groups excluding carboxylic acids is 2. The van der Waals surface area contributed by atoms with Crippen molar-refractivity contribution < 1.29 is 84.0 Å². The SMILES string of the molecule is C[C@H]1C[C@H](O)[C@@H](C)/C=C/C=C/C=C/C=C/C=C/C=C/C=C/C(O[C@@H]2OC[C@@H](O)[C@H](N)[C@@H]2O)C[C@@H]2OC(O)(CC(O)CC(O)C(O)CCC(O)CC(O)CC(=O)O1)C[C@H](O)[C@H]2C(=O)NCCCF. The fraction of sp³-hybridized carbons (Fsp3) is 0.667. The van der Waals surface area contributed by atoms with Gasteiger partial charge in [0.25, 0.3) is 0 Å². The lowest BCUT2D eigenvalue weighted by Gasteiger charge is -2.45. The summed E-state index contributed by atoms with van der Waals surface area (Å²) < 4.78 is 36.1. The van der Waals surface area contributed by atoms with E-state index in [1.54, 1.807) is 73.8 Å². The van der Waals surface area contributed by atoms with Crippen molar-refractivity contribution in [2.45, 2.75) is 169 Å². The quantitative estimate of drug-likeness (QED) is 0.127. The zero-order valence-electron chi connectivity index (χ0n) is 38.4. The van der Waals surface area contributed by atoms with Crippen LogP contribution in [-0.4, -0.2) is 174 Å². The predicted octanol–water partition coefficient (Wildman–Crippen LogP) is 0.468. The van der Waals surface area contributed by atoms with Crippen molar-refractivity contribution in [3.8, 4) is 0 Å². The molecule has 2 bridgehead atoms. The fourth-order valence-corrected chi connectivity index (χ4v) is 7.91. The molecular formula is C48H75FN2O16. The molecule has 0 aromatic rings. The van der Waals surface area contributed by atoms with Gasteiger partial charge in [-0.3, -0.25) is 14.0 Å². The van der Waals surface area contributed by atoms with Gasteiger partial charge in [0.05, 0.1) is 92.7 Å². The predicted molar refractivity (Wildman–Crippen MR) is 244 cm³/mol. The summed E-state index contributed by atoms with van der Waals surface area (Å²) in [5, 5.41) is 111. The number of alkyl halides is 1. The number of fused-ring (bicyclic) bond motifs is 2. The van der Waals surface area contributed by atoms with Gasteiger partial charge in [-0.1, -0.05) is 92.0 Å². The van der Waals surface area contributed by atoms with Crippen LogP contribution < -0.4 is 11.1 Å². The molecule has 3 aliphatic heterocycles. The number of hydrogen-bond donors (Lipinski definition) is 12. The number of nitrogens with one attached hydrogen (secondary N) is 1. The zero-order chi connectivity index (χ0) is 49.5. The summed E-state index contributed by atoms with van der Waals surface area (Å²) in [6.45, 7) is 2.40. The van der Waals surface area contributed by atoms with Crippen molar-refractivity contribution in [2.24, 2.45) is 17.6 Å². The number of halogens is 1. The lowest BCUT2D eigenvalue weighted by Crippen LogP contribution is -2.59. The molecule has 18 nitrogen and oxygen atoms in total. The summed E-state index contributed by atoms with van der Waals surface area (Å²) in [6, 6.07) is -1.13. The van der Waals surface area contributed by atoms with E-state index in [9.17, 15) is 65.0 Å². The first-order chi connectivity index (χ1) is 31.8. The third-order valence-corrected chi connectivity index (χ3v) is 11.7. The molecule has 0 saturated carbocycles. The first kappa shape index (κ1) is 57.8. The van der Waals surface area contributed by atoms with Gasteiger partial charge in [-0.2, -0.15) is 0 Å². The van der Waals surface area contributed by atoms with Gasteiger partial charge in [-0.15, -0.1) is 0 Å². The Morgan fingerprint density at radius 2 is 1.36 bits per heavy atom. The van der Waals surface area contributed by atoms with Crippen LogP contribution in [0.4, 0.5) is 4.39 Å². The molecule has 380 valence electrons. The van der Waals surface area contributed by atoms with Crippen LogP contribution in [-0.2, 0) is 28.5 Å². The van der Waals surface area contributed by atoms with Gasteiger partial charge in [0.1, 0.15) is 12.2 Å². The van der Waals surface area contributed by atoms with Crippen molar-refractivity contribution in [3.63, 3.8) is 0 Å². The van der Waals surface area contributed by atoms with Gasteiger partial charge in [-0.05, 0) is 32.6 Å². The molecule has 3 rings (SSSR count). The van der Waals surface area contributed by atoms with Gasteiger partial charge in [-0.25, -0.2) is 0 Å². The van der Waals surface area contributed by atoms with E-state index in [0.29, 0.717) is 0 Å². The van der Waals surface area contributed by atoms with Crippen molar-refractivity contribution >= 4 is 11.9 Å². The standard InChI is InChI=1S/C48H75FN2O16/c1-30-16-13-11-9-7-5-3-4-6-8-10-12-14-17-35(66-47-45(61)44(50)40(59)29-64-47)26-41-43(46(62)51-21-15-20-49)39(58)28-48(63,67-41)27-34(54)24-38(57)36(55)19-18-32(52)23-33(53)25-42(60)65-31(2)22-37(30)56/h3-14,16-17,30-41,43-45,47,52-59,61,63H,15,18-29,50H2,1-2H3,(H,51,62)/b4-3+,7-5+,8-6+,11-9+,12-10+,16-13+,17-14+/t30-,31-,32?,33?,34?,35?,36?,37-,38?,39-,40+,41-,43+,44-,45-,47-,48?/m0/s1. The second kappa shape index (κ2) is 30.2. The van der Waals surface area contributed by atoms with Crippen LogP contribution in [0.2, 0.25) is 0 Å². The monoisotopic (exact) mass is 955 g/mol. The number of ether oxygens (including phenoxy) is 4. The van der Waals surface area contributed by atoms with Crippen LogP contribution in [0.3, 0.4) is 0 Å². The molecule has 13 N–H and O–H groups in total. The van der Waals surface area contributed by atoms with Crippen LogP contribution in [0, 0.1) is 11.8 Å². The van der Waals surface area contributed by atoms with E-state index in [1.165, 1.54) is 0 Å². The van der Waals surface area contributed by atoms with Crippen molar-refractivity contribution in [1.29, 1.82) is 0 Å². The average Bonchev–Trinajstić information content (AvgIpc) is 3.24. The lowest BCUT2D eigenvalue weighted by molar-refractivity contribution is -0.304. The maximum Gasteiger partial charge on any atom is 0.308 e. The number of rotatable bonds is 6. The second-order valence-electron chi connectivity index (χ2n) is 17.7. The summed E-state index contributed by atoms with van der Waals surface area (Å²) in [5.74, 6) is -5.35. The van der Waals surface area contributed by atoms with Crippen molar-refractivity contribution in [1.82, 2.24) is 5.32 Å². The second-order valence-corrected chi connectivity index (χ2v) is 17.7. The van der Waals surface area contributed by atoms with Gasteiger partial charge in [0.2, 0.25) is 5.91 Å². The Balaban J connectivity index is 1.89. The molecule has 0 radical (unpaired) electrons. The molecule has 19 heteroatoms. The van der Waals surface area contributed by atoms with Gasteiger partial charge >= 0.3 is 5.97 Å². The molecule has 0 aromatic heterocycles. The Labute approximate surface area is 392 Å². The number of cyclic esters (lactones) is 1. The number of aliphatic hydroxyl groups is 10. The minimum atomic E-state index is -2.30. The Morgan fingerprint density at radius 1 is 0.746 bits per heavy atom. The number of esters is 1. The Hall–Kier alpha value is -3.51. The van der Waals surface area contributed by atoms with E-state index in [1.807, 2.05) is 25.2 Å². The molecule has 7 unspecified atom stereocenters. The molecule has 17 atom stereocenters. The third-order valence-electron chi connectivity index (χ3n) is 11.7. The summed E-state index contributed by atoms with van der Waals surface area (Å²) in [6.07, 6.45) is 5.11. The van der Waals surface area contributed by atoms with E-state index in [4.69, 9.17) is 24.7 Å². The molecule has 67 heavy (non-hydrogen) atoms. The number of hydrogen-bond acceptors (Lipinski definition) is 17. The van der Waals surface area contributed by atoms with Crippen LogP contribution >= 0.6 is 0 Å². The Morgan fingerprint density at radius 3 is 1.99 bits per heavy atom. The summed E-state index contributed by atoms with van der Waals surface area (Å²) >= 11 is 0. The number of amides is 1. The Bertz CT molecular complexity index is 1680. The van der Waals surface area contributed by atoms with Gasteiger partial charge in [0.15, 0.2) is 12.1 Å². The average molecular weight is 955 g/mol. The molecule has 0 aliphatic carbocycles. The third kappa shape index (κ3) is 21.3. The topological polar surface area (TPSA) is 311 Å². The number of aliphatic hydroxyl groups excluding tert-OH is 9. The van der Waals surface area contributed by atoms with Crippen LogP contribution in [0.1, 0.15) is 78.1 Å². The first-order valence-corrected chi connectivity index (χ1v) is 23.1. The van der Waals surface area contributed by atoms with E-state index in [-0.39, 0.29) is 57.6 Å². The fourth-order valence-electron chi connectivity index (χ4n) is 7.91. The van der Waals surface area contributed by atoms with E-state index >= 15 is 0 Å². The zero-order valence-corrected chi connectivity index (χ0v) is 38.4. The number of nitrogens with two attached hydrogens (primary N) is 1. The van der Waals surface area contributed by atoms with Gasteiger partial charge in [0, 0.05) is 44.6 Å². The molecular weight excluding hydrogens is 880 g/mol. The highest BCUT2D eigenvalue weighted by Crippen LogP contribution is 2.38. The molecule has 1 amide bonds. The van der Waals surface area contributed by atoms with E-state index < -0.39 is 142 Å². The largest absolute Gasteiger partial charge is 0.462 e. The number of allylic oxidation sites excluding steroid dienone is 12. The normalized spacial score (nSPS) is 42.2. The molecule has 2 saturated heterocycles. The van der Waals surface area contributed by atoms with Gasteiger partial charge < -0.3 is 81.1 Å². The summed E-state index contributed by atoms with van der Waals surface area (Å²) in [4.78, 5) is 26.0. The lowest BCUT2D eigenvalue weighted by atomic mass is 9.82. The highest BCUT2D eigenvalue weighted by Gasteiger charge is 2.50. The van der Waals surface area contributed by atoms with Crippen molar-refractivity contribution in [2.75, 3.05) is 19.8 Å². The minimum absolute atomic E-state index is 0.00642. The maximum atomic E-state index is 13.5. The minimum Gasteiger partial charge on any atom is -0.462 e. The smallest absolute Gasteiger partial charge is 0.308 e. The van der Waals surface area contributed by atoms with Crippen LogP contribution in [0.25, 0.3) is 0 Å². The molecule has 3 heterocycles. The highest BCUT2D eigenvalue weighted by atomic mass is 19.1. The van der Waals surface area contributed by atoms with Crippen molar-refractivity contribution in [3.05, 3.63) is 85.1 Å². The maximum absolute atomic E-state index is 13.5. The molecule has 2 fully saturated rings. The summed E-state index contributed by atoms with van der Waals surface area (Å²) in [7, 11) is 0. The number of carbonyl (C=O) groups is 2. The Kier molecular flexibility index (Phi) is 26.0. The highest BCUT2D eigenvalue weighted by molar-refractivity contribution is 5.80. The first-order valence-electron chi connectivity index (χ1n) is 23.1. The molecule has 0 aromatic carbocycles. The molecule has 3 aliphatic rings. The van der Waals surface area contributed by atoms with E-state index in [2.05, 4.69) is 5.32 Å². The van der Waals surface area contributed by atoms with Crippen LogP contribution in [0.5, 0.6) is 0 Å². The molecule has 0 spiro atoms. The van der Waals surface area contributed by atoms with E-state index in [0.717, 1.165) is 0 Å².